The lowest BCUT2D eigenvalue weighted by Gasteiger charge is -2.10. The van der Waals surface area contributed by atoms with Gasteiger partial charge in [0.15, 0.2) is 0 Å². The lowest BCUT2D eigenvalue weighted by molar-refractivity contribution is 0.0946. The van der Waals surface area contributed by atoms with Crippen molar-refractivity contribution < 1.29 is 4.79 Å². The van der Waals surface area contributed by atoms with Crippen LogP contribution in [0.3, 0.4) is 0 Å². The molecular formula is C21H21N3O. The van der Waals surface area contributed by atoms with E-state index in [4.69, 9.17) is 0 Å². The van der Waals surface area contributed by atoms with Gasteiger partial charge in [0.2, 0.25) is 0 Å². The number of hydrogen-bond donors (Lipinski definition) is 1. The predicted octanol–water partition coefficient (Wildman–Crippen LogP) is 4.21. The van der Waals surface area contributed by atoms with Gasteiger partial charge in [-0.25, -0.2) is 5.43 Å². The maximum absolute atomic E-state index is 12.7. The number of nitrogens with one attached hydrogen (secondary N) is 1. The highest BCUT2D eigenvalue weighted by atomic mass is 16.2. The van der Waals surface area contributed by atoms with Crippen molar-refractivity contribution in [3.63, 3.8) is 0 Å². The second-order valence-electron chi connectivity index (χ2n) is 6.63. The van der Waals surface area contributed by atoms with E-state index in [1.165, 1.54) is 12.8 Å². The number of rotatable bonds is 5. The average Bonchev–Trinajstić information content (AvgIpc) is 3.43. The fourth-order valence-electron chi connectivity index (χ4n) is 3.12. The van der Waals surface area contributed by atoms with Crippen LogP contribution in [0.5, 0.6) is 0 Å². The summed E-state index contributed by atoms with van der Waals surface area (Å²) in [6.45, 7) is 2.64. The van der Waals surface area contributed by atoms with E-state index in [2.05, 4.69) is 27.2 Å². The van der Waals surface area contributed by atoms with Gasteiger partial charge >= 0.3 is 0 Å². The molecule has 1 N–H and O–H groups in total. The Bertz CT molecular complexity index is 936. The van der Waals surface area contributed by atoms with Crippen LogP contribution in [0.1, 0.15) is 35.8 Å². The van der Waals surface area contributed by atoms with Crippen LogP contribution in [0.4, 0.5) is 0 Å². The van der Waals surface area contributed by atoms with E-state index in [9.17, 15) is 4.79 Å². The molecule has 1 fully saturated rings. The topological polar surface area (TPSA) is 46.4 Å². The predicted molar refractivity (Wildman–Crippen MR) is 101 cm³/mol. The second-order valence-corrected chi connectivity index (χ2v) is 6.63. The lowest BCUT2D eigenvalue weighted by atomic mass is 10.2. The highest BCUT2D eigenvalue weighted by molar-refractivity contribution is 5.99. The van der Waals surface area contributed by atoms with Gasteiger partial charge in [-0.2, -0.15) is 5.10 Å². The summed E-state index contributed by atoms with van der Waals surface area (Å²) in [6.07, 6.45) is 2.36. The van der Waals surface area contributed by atoms with Gasteiger partial charge in [-0.3, -0.25) is 4.79 Å². The summed E-state index contributed by atoms with van der Waals surface area (Å²) < 4.78 is 2.06. The summed E-state index contributed by atoms with van der Waals surface area (Å²) >= 11 is 0. The molecule has 4 rings (SSSR count). The van der Waals surface area contributed by atoms with E-state index in [0.29, 0.717) is 18.2 Å². The Balaban J connectivity index is 1.68. The van der Waals surface area contributed by atoms with E-state index < -0.39 is 0 Å². The number of benzene rings is 2. The van der Waals surface area contributed by atoms with E-state index in [1.54, 1.807) is 0 Å². The van der Waals surface area contributed by atoms with Crippen molar-refractivity contribution in [1.82, 2.24) is 9.99 Å². The Kier molecular flexibility index (Phi) is 4.10. The monoisotopic (exact) mass is 331 g/mol. The molecule has 0 atom stereocenters. The zero-order chi connectivity index (χ0) is 17.2. The summed E-state index contributed by atoms with van der Waals surface area (Å²) in [5, 5.41) is 5.35. The molecular weight excluding hydrogens is 310 g/mol. The number of carbonyl (C=O) groups excluding carboxylic acids is 1. The van der Waals surface area contributed by atoms with Gasteiger partial charge < -0.3 is 4.57 Å². The fourth-order valence-corrected chi connectivity index (χ4v) is 3.12. The van der Waals surface area contributed by atoms with Gasteiger partial charge in [0, 0.05) is 23.2 Å². The van der Waals surface area contributed by atoms with E-state index >= 15 is 0 Å². The molecule has 0 aliphatic heterocycles. The molecule has 1 aliphatic rings. The summed E-state index contributed by atoms with van der Waals surface area (Å²) in [4.78, 5) is 12.7. The molecule has 1 aromatic heterocycles. The first-order chi connectivity index (χ1) is 12.2. The van der Waals surface area contributed by atoms with Crippen LogP contribution in [-0.4, -0.2) is 16.2 Å². The van der Waals surface area contributed by atoms with Crippen LogP contribution in [0, 0.1) is 5.92 Å². The van der Waals surface area contributed by atoms with Crippen LogP contribution in [0.15, 0.2) is 65.8 Å². The molecule has 126 valence electrons. The third kappa shape index (κ3) is 3.33. The number of hydrogen-bond acceptors (Lipinski definition) is 2. The second kappa shape index (κ2) is 6.55. The molecule has 0 saturated heterocycles. The summed E-state index contributed by atoms with van der Waals surface area (Å²) in [6, 6.07) is 20.2. The van der Waals surface area contributed by atoms with Crippen molar-refractivity contribution >= 4 is 22.5 Å². The Morgan fingerprint density at radius 1 is 1.12 bits per heavy atom. The van der Waals surface area contributed by atoms with Crippen molar-refractivity contribution in [1.29, 1.82) is 0 Å². The van der Waals surface area contributed by atoms with E-state index in [0.717, 1.165) is 22.2 Å². The molecule has 0 spiro atoms. The zero-order valence-electron chi connectivity index (χ0n) is 14.3. The Hall–Kier alpha value is -2.88. The quantitative estimate of drug-likeness (QED) is 0.552. The van der Waals surface area contributed by atoms with Crippen molar-refractivity contribution in [3.05, 3.63) is 71.9 Å². The van der Waals surface area contributed by atoms with Gasteiger partial charge in [-0.1, -0.05) is 48.5 Å². The molecule has 0 radical (unpaired) electrons. The average molecular weight is 331 g/mol. The third-order valence-corrected chi connectivity index (χ3v) is 4.73. The number of fused-ring (bicyclic) bond motifs is 1. The number of aromatic nitrogens is 1. The standard InChI is InChI=1S/C21H21N3O/c1-15(17-11-12-17)22-23-21(25)20-13-18-9-5-6-10-19(18)24(20)14-16-7-3-2-4-8-16/h2-10,13,17H,11-12,14H2,1H3,(H,23,25)/b22-15+. The van der Waals surface area contributed by atoms with E-state index in [1.807, 2.05) is 55.5 Å². The van der Waals surface area contributed by atoms with Gasteiger partial charge in [-0.05, 0) is 43.4 Å². The first kappa shape index (κ1) is 15.6. The summed E-state index contributed by atoms with van der Waals surface area (Å²) in [5.74, 6) is 0.391. The van der Waals surface area contributed by atoms with Crippen molar-refractivity contribution in [2.24, 2.45) is 11.0 Å². The smallest absolute Gasteiger partial charge is 0.288 e. The van der Waals surface area contributed by atoms with Crippen molar-refractivity contribution in [2.75, 3.05) is 0 Å². The molecule has 1 heterocycles. The Labute approximate surface area is 147 Å². The van der Waals surface area contributed by atoms with Gasteiger partial charge in [0.25, 0.3) is 5.91 Å². The molecule has 2 aromatic carbocycles. The SMILES string of the molecule is C/C(=N\NC(=O)c1cc2ccccc2n1Cc1ccccc1)C1CC1. The van der Waals surface area contributed by atoms with Crippen molar-refractivity contribution in [3.8, 4) is 0 Å². The summed E-state index contributed by atoms with van der Waals surface area (Å²) in [5.41, 5.74) is 6.60. The number of amides is 1. The molecule has 0 bridgehead atoms. The highest BCUT2D eigenvalue weighted by Gasteiger charge is 2.25. The Morgan fingerprint density at radius 3 is 2.60 bits per heavy atom. The fraction of sp³-hybridized carbons (Fsp3) is 0.238. The number of nitrogens with zero attached hydrogens (tertiary/aromatic N) is 2. The lowest BCUT2D eigenvalue weighted by Crippen LogP contribution is -2.23. The minimum absolute atomic E-state index is 0.160. The largest absolute Gasteiger partial charge is 0.332 e. The highest BCUT2D eigenvalue weighted by Crippen LogP contribution is 2.30. The van der Waals surface area contributed by atoms with Gasteiger partial charge in [-0.15, -0.1) is 0 Å². The maximum Gasteiger partial charge on any atom is 0.288 e. The third-order valence-electron chi connectivity index (χ3n) is 4.73. The molecule has 1 saturated carbocycles. The molecule has 0 unspecified atom stereocenters. The van der Waals surface area contributed by atoms with Crippen molar-refractivity contribution in [2.45, 2.75) is 26.3 Å². The molecule has 25 heavy (non-hydrogen) atoms. The van der Waals surface area contributed by atoms with Crippen LogP contribution in [0.25, 0.3) is 10.9 Å². The van der Waals surface area contributed by atoms with Crippen LogP contribution in [0.2, 0.25) is 0 Å². The van der Waals surface area contributed by atoms with Gasteiger partial charge in [0.1, 0.15) is 5.69 Å². The molecule has 4 heteroatoms. The van der Waals surface area contributed by atoms with Crippen LogP contribution >= 0.6 is 0 Å². The Morgan fingerprint density at radius 2 is 1.84 bits per heavy atom. The molecule has 4 nitrogen and oxygen atoms in total. The maximum atomic E-state index is 12.7. The van der Waals surface area contributed by atoms with Crippen LogP contribution < -0.4 is 5.43 Å². The zero-order valence-corrected chi connectivity index (χ0v) is 14.3. The normalized spacial score (nSPS) is 14.7. The molecule has 3 aromatic rings. The number of carbonyl (C=O) groups is 1. The molecule has 1 aliphatic carbocycles. The number of hydrazone groups is 1. The first-order valence-corrected chi connectivity index (χ1v) is 8.69. The van der Waals surface area contributed by atoms with Gasteiger partial charge in [0.05, 0.1) is 0 Å². The van der Waals surface area contributed by atoms with E-state index in [-0.39, 0.29) is 5.91 Å². The minimum atomic E-state index is -0.160. The van der Waals surface area contributed by atoms with Crippen LogP contribution in [-0.2, 0) is 6.54 Å². The first-order valence-electron chi connectivity index (χ1n) is 8.69. The molecule has 1 amide bonds. The number of para-hydroxylation sites is 1. The minimum Gasteiger partial charge on any atom is -0.332 e. The summed E-state index contributed by atoms with van der Waals surface area (Å²) in [7, 11) is 0.